The van der Waals surface area contributed by atoms with Gasteiger partial charge in [-0.2, -0.15) is 0 Å². The van der Waals surface area contributed by atoms with Crippen molar-refractivity contribution in [1.82, 2.24) is 5.32 Å². The average molecular weight is 325 g/mol. The third-order valence-electron chi connectivity index (χ3n) is 4.37. The number of carbonyl (C=O) groups is 1. The van der Waals surface area contributed by atoms with E-state index < -0.39 is 0 Å². The summed E-state index contributed by atoms with van der Waals surface area (Å²) in [5.74, 6) is 0.623. The van der Waals surface area contributed by atoms with Gasteiger partial charge in [0.1, 0.15) is 12.4 Å². The molecule has 24 heavy (non-hydrogen) atoms. The minimum absolute atomic E-state index is 0.0319. The molecule has 0 bridgehead atoms. The number of amides is 1. The average Bonchev–Trinajstić information content (AvgIpc) is 2.64. The SMILES string of the molecule is O=C(NCc1ccccc1OCCO)c1ccc2c(c1)CCCC2. The fourth-order valence-electron chi connectivity index (χ4n) is 3.10. The summed E-state index contributed by atoms with van der Waals surface area (Å²) in [6, 6.07) is 13.6. The van der Waals surface area contributed by atoms with Crippen LogP contribution < -0.4 is 10.1 Å². The highest BCUT2D eigenvalue weighted by molar-refractivity contribution is 5.94. The summed E-state index contributed by atoms with van der Waals surface area (Å²) in [6.07, 6.45) is 4.62. The topological polar surface area (TPSA) is 58.6 Å². The predicted octanol–water partition coefficient (Wildman–Crippen LogP) is 2.87. The number of benzene rings is 2. The fraction of sp³-hybridized carbons (Fsp3) is 0.350. The minimum atomic E-state index is -0.0691. The van der Waals surface area contributed by atoms with Gasteiger partial charge in [0.15, 0.2) is 0 Å². The zero-order chi connectivity index (χ0) is 16.8. The van der Waals surface area contributed by atoms with E-state index in [1.165, 1.54) is 24.0 Å². The largest absolute Gasteiger partial charge is 0.491 e. The van der Waals surface area contributed by atoms with Gasteiger partial charge in [0.05, 0.1) is 6.61 Å². The second-order valence-electron chi connectivity index (χ2n) is 6.05. The molecule has 2 aromatic rings. The van der Waals surface area contributed by atoms with Crippen molar-refractivity contribution in [3.05, 3.63) is 64.7 Å². The Hall–Kier alpha value is -2.33. The second-order valence-corrected chi connectivity index (χ2v) is 6.05. The van der Waals surface area contributed by atoms with E-state index in [0.717, 1.165) is 18.4 Å². The molecule has 1 aliphatic carbocycles. The molecule has 126 valence electrons. The van der Waals surface area contributed by atoms with Crippen molar-refractivity contribution in [3.8, 4) is 5.75 Å². The number of para-hydroxylation sites is 1. The molecule has 2 N–H and O–H groups in total. The monoisotopic (exact) mass is 325 g/mol. The van der Waals surface area contributed by atoms with Crippen LogP contribution in [0.4, 0.5) is 0 Å². The van der Waals surface area contributed by atoms with Crippen LogP contribution in [0.1, 0.15) is 39.9 Å². The molecule has 0 atom stereocenters. The second kappa shape index (κ2) is 7.97. The van der Waals surface area contributed by atoms with Crippen LogP contribution in [0.3, 0.4) is 0 Å². The summed E-state index contributed by atoms with van der Waals surface area (Å²) in [6.45, 7) is 0.614. The van der Waals surface area contributed by atoms with Gasteiger partial charge in [-0.15, -0.1) is 0 Å². The van der Waals surface area contributed by atoms with E-state index in [2.05, 4.69) is 11.4 Å². The molecule has 4 heteroatoms. The zero-order valence-corrected chi connectivity index (χ0v) is 13.8. The number of fused-ring (bicyclic) bond motifs is 1. The van der Waals surface area contributed by atoms with Crippen LogP contribution in [0.2, 0.25) is 0 Å². The molecule has 0 radical (unpaired) electrons. The van der Waals surface area contributed by atoms with Crippen molar-refractivity contribution in [1.29, 1.82) is 0 Å². The number of rotatable bonds is 6. The Bertz CT molecular complexity index is 712. The van der Waals surface area contributed by atoms with Crippen molar-refractivity contribution >= 4 is 5.91 Å². The molecule has 0 aliphatic heterocycles. The Morgan fingerprint density at radius 1 is 1.08 bits per heavy atom. The molecule has 0 saturated heterocycles. The highest BCUT2D eigenvalue weighted by Gasteiger charge is 2.13. The maximum absolute atomic E-state index is 12.4. The number of nitrogens with one attached hydrogen (secondary N) is 1. The molecular formula is C20H23NO3. The molecule has 0 unspecified atom stereocenters. The van der Waals surface area contributed by atoms with Crippen molar-refractivity contribution in [2.24, 2.45) is 0 Å². The van der Waals surface area contributed by atoms with Gasteiger partial charge in [-0.3, -0.25) is 4.79 Å². The first kappa shape index (κ1) is 16.5. The van der Waals surface area contributed by atoms with Crippen molar-refractivity contribution < 1.29 is 14.6 Å². The van der Waals surface area contributed by atoms with Crippen LogP contribution in [-0.2, 0) is 19.4 Å². The lowest BCUT2D eigenvalue weighted by Crippen LogP contribution is -2.23. The Kier molecular flexibility index (Phi) is 5.49. The quantitative estimate of drug-likeness (QED) is 0.858. The number of aryl methyl sites for hydroxylation is 2. The summed E-state index contributed by atoms with van der Waals surface area (Å²) in [4.78, 5) is 12.4. The summed E-state index contributed by atoms with van der Waals surface area (Å²) < 4.78 is 5.50. The van der Waals surface area contributed by atoms with Gasteiger partial charge in [-0.1, -0.05) is 24.3 Å². The molecule has 4 nitrogen and oxygen atoms in total. The van der Waals surface area contributed by atoms with E-state index >= 15 is 0 Å². The van der Waals surface area contributed by atoms with Gasteiger partial charge in [0, 0.05) is 17.7 Å². The van der Waals surface area contributed by atoms with Crippen molar-refractivity contribution in [2.75, 3.05) is 13.2 Å². The number of hydrogen-bond acceptors (Lipinski definition) is 3. The lowest BCUT2D eigenvalue weighted by molar-refractivity contribution is 0.0950. The molecular weight excluding hydrogens is 302 g/mol. The third-order valence-corrected chi connectivity index (χ3v) is 4.37. The maximum Gasteiger partial charge on any atom is 0.251 e. The van der Waals surface area contributed by atoms with Crippen LogP contribution in [0, 0.1) is 0 Å². The lowest BCUT2D eigenvalue weighted by atomic mass is 9.90. The van der Waals surface area contributed by atoms with Crippen molar-refractivity contribution in [3.63, 3.8) is 0 Å². The van der Waals surface area contributed by atoms with E-state index in [1.54, 1.807) is 0 Å². The number of aliphatic hydroxyl groups is 1. The fourth-order valence-corrected chi connectivity index (χ4v) is 3.10. The molecule has 0 heterocycles. The Morgan fingerprint density at radius 3 is 2.71 bits per heavy atom. The van der Waals surface area contributed by atoms with Crippen LogP contribution in [0.25, 0.3) is 0 Å². The summed E-state index contributed by atoms with van der Waals surface area (Å²) in [5, 5.41) is 11.8. The molecule has 0 saturated carbocycles. The first-order valence-corrected chi connectivity index (χ1v) is 8.49. The lowest BCUT2D eigenvalue weighted by Gasteiger charge is -2.16. The first-order chi connectivity index (χ1) is 11.8. The van der Waals surface area contributed by atoms with E-state index in [-0.39, 0.29) is 19.1 Å². The molecule has 1 amide bonds. The first-order valence-electron chi connectivity index (χ1n) is 8.49. The standard InChI is InChI=1S/C20H23NO3/c22-11-12-24-19-8-4-3-7-18(19)14-21-20(23)17-10-9-15-5-1-2-6-16(15)13-17/h3-4,7-10,13,22H,1-2,5-6,11-12,14H2,(H,21,23). The molecule has 0 spiro atoms. The van der Waals surface area contributed by atoms with Crippen LogP contribution in [0.15, 0.2) is 42.5 Å². The molecule has 2 aromatic carbocycles. The summed E-state index contributed by atoms with van der Waals surface area (Å²) in [5.41, 5.74) is 4.29. The van der Waals surface area contributed by atoms with Crippen LogP contribution in [-0.4, -0.2) is 24.2 Å². The van der Waals surface area contributed by atoms with Crippen LogP contribution >= 0.6 is 0 Å². The highest BCUT2D eigenvalue weighted by atomic mass is 16.5. The van der Waals surface area contributed by atoms with E-state index in [4.69, 9.17) is 9.84 Å². The van der Waals surface area contributed by atoms with Gasteiger partial charge in [-0.25, -0.2) is 0 Å². The highest BCUT2D eigenvalue weighted by Crippen LogP contribution is 2.22. The Morgan fingerprint density at radius 2 is 1.88 bits per heavy atom. The minimum Gasteiger partial charge on any atom is -0.491 e. The normalized spacial score (nSPS) is 13.2. The van der Waals surface area contributed by atoms with Gasteiger partial charge in [0.2, 0.25) is 0 Å². The Balaban J connectivity index is 1.65. The van der Waals surface area contributed by atoms with Crippen LogP contribution in [0.5, 0.6) is 5.75 Å². The molecule has 3 rings (SSSR count). The smallest absolute Gasteiger partial charge is 0.251 e. The van der Waals surface area contributed by atoms with Gasteiger partial charge in [0.25, 0.3) is 5.91 Å². The summed E-state index contributed by atoms with van der Waals surface area (Å²) >= 11 is 0. The van der Waals surface area contributed by atoms with E-state index in [0.29, 0.717) is 17.9 Å². The number of aliphatic hydroxyl groups excluding tert-OH is 1. The van der Waals surface area contributed by atoms with Gasteiger partial charge >= 0.3 is 0 Å². The predicted molar refractivity (Wildman–Crippen MR) is 93.3 cm³/mol. The molecule has 0 aromatic heterocycles. The van der Waals surface area contributed by atoms with Crippen molar-refractivity contribution in [2.45, 2.75) is 32.2 Å². The maximum atomic E-state index is 12.4. The molecule has 0 fully saturated rings. The Labute approximate surface area is 142 Å². The number of ether oxygens (including phenoxy) is 1. The summed E-state index contributed by atoms with van der Waals surface area (Å²) in [7, 11) is 0. The van der Waals surface area contributed by atoms with E-state index in [9.17, 15) is 4.79 Å². The van der Waals surface area contributed by atoms with Gasteiger partial charge < -0.3 is 15.2 Å². The zero-order valence-electron chi connectivity index (χ0n) is 13.8. The van der Waals surface area contributed by atoms with Gasteiger partial charge in [-0.05, 0) is 55.0 Å². The third kappa shape index (κ3) is 3.95. The number of carbonyl (C=O) groups excluding carboxylic acids is 1. The molecule has 1 aliphatic rings. The number of hydrogen-bond donors (Lipinski definition) is 2. The van der Waals surface area contributed by atoms with E-state index in [1.807, 2.05) is 36.4 Å².